The summed E-state index contributed by atoms with van der Waals surface area (Å²) in [6.07, 6.45) is 2.22. The molecule has 4 aromatic rings. The van der Waals surface area contributed by atoms with E-state index in [1.165, 1.54) is 31.4 Å². The Morgan fingerprint density at radius 1 is 1.00 bits per heavy atom. The Morgan fingerprint density at radius 3 is 2.41 bits per heavy atom. The first-order valence-corrected chi connectivity index (χ1v) is 20.3. The summed E-state index contributed by atoms with van der Waals surface area (Å²) in [5.41, 5.74) is 3.81. The van der Waals surface area contributed by atoms with Gasteiger partial charge in [0.15, 0.2) is 11.0 Å². The average molecular weight is 789 g/mol. The lowest BCUT2D eigenvalue weighted by molar-refractivity contribution is -0.139. The third kappa shape index (κ3) is 10.7. The van der Waals surface area contributed by atoms with Crippen molar-refractivity contribution in [1.29, 1.82) is 0 Å². The molecule has 5 rings (SSSR count). The molecule has 1 fully saturated rings. The molecule has 0 radical (unpaired) electrons. The van der Waals surface area contributed by atoms with Crippen LogP contribution >= 0.6 is 11.8 Å². The Kier molecular flexibility index (Phi) is 15.8. The zero-order valence-electron chi connectivity index (χ0n) is 33.3. The minimum Gasteiger partial charge on any atom is -0.497 e. The van der Waals surface area contributed by atoms with E-state index in [1.807, 2.05) is 58.0 Å². The molecule has 0 spiro atoms. The van der Waals surface area contributed by atoms with Crippen LogP contribution in [-0.4, -0.2) is 123 Å². The van der Waals surface area contributed by atoms with Crippen LogP contribution in [0.4, 0.5) is 0 Å². The van der Waals surface area contributed by atoms with Crippen molar-refractivity contribution < 1.29 is 34.0 Å². The minimum absolute atomic E-state index is 0.00337. The van der Waals surface area contributed by atoms with Crippen molar-refractivity contribution >= 4 is 23.6 Å². The number of carbonyl (C=O) groups excluding carboxylic acids is 2. The maximum atomic E-state index is 14.9. The van der Waals surface area contributed by atoms with Gasteiger partial charge in [-0.2, -0.15) is 0 Å². The minimum atomic E-state index is -1.28. The molecule has 14 heteroatoms. The van der Waals surface area contributed by atoms with Crippen molar-refractivity contribution in [2.75, 3.05) is 52.8 Å². The van der Waals surface area contributed by atoms with Crippen LogP contribution in [0, 0.1) is 11.8 Å². The highest BCUT2D eigenvalue weighted by Crippen LogP contribution is 2.38. The number of aliphatic hydroxyl groups excluding tert-OH is 2. The number of nitrogens with zero attached hydrogens (tertiary/aromatic N) is 6. The van der Waals surface area contributed by atoms with E-state index in [0.29, 0.717) is 42.7 Å². The van der Waals surface area contributed by atoms with Crippen LogP contribution in [0.1, 0.15) is 57.7 Å². The number of rotatable bonds is 10. The molecule has 2 aromatic carbocycles. The molecule has 1 aliphatic heterocycles. The number of benzene rings is 2. The summed E-state index contributed by atoms with van der Waals surface area (Å²) in [6, 6.07) is 19.3. The molecule has 3 heterocycles. The predicted molar refractivity (Wildman–Crippen MR) is 216 cm³/mol. The molecule has 1 aliphatic rings. The number of carbonyl (C=O) groups is 2. The highest BCUT2D eigenvalue weighted by Gasteiger charge is 2.38. The quantitative estimate of drug-likeness (QED) is 0.203. The third-order valence-corrected chi connectivity index (χ3v) is 11.3. The molecule has 0 bridgehead atoms. The number of aryl methyl sites for hydroxylation is 1. The van der Waals surface area contributed by atoms with Gasteiger partial charge in [-0.3, -0.25) is 19.1 Å². The summed E-state index contributed by atoms with van der Waals surface area (Å²) in [4.78, 5) is 35.9. The molecular weight excluding hydrogens is 733 g/mol. The Balaban J connectivity index is 1.55. The van der Waals surface area contributed by atoms with E-state index in [4.69, 9.17) is 14.2 Å². The maximum absolute atomic E-state index is 14.9. The molecule has 302 valence electrons. The number of ether oxygens (including phenoxy) is 3. The molecule has 2 aromatic heterocycles. The van der Waals surface area contributed by atoms with Gasteiger partial charge in [0.25, 0.3) is 0 Å². The predicted octanol–water partition coefficient (Wildman–Crippen LogP) is 5.23. The number of hydrogen-bond acceptors (Lipinski definition) is 11. The second kappa shape index (κ2) is 20.7. The fourth-order valence-electron chi connectivity index (χ4n) is 7.11. The second-order valence-corrected chi connectivity index (χ2v) is 15.4. The Labute approximate surface area is 334 Å². The molecule has 0 saturated carbocycles. The molecule has 0 aliphatic carbocycles. The SMILES string of the molecule is CCc1ccc(-n2c(SCC(=O)N3CCCCOC[C@H](O)[C@H](O)[C@@H](OC)CN(C(C)=O)C[C@H](C(C)C)[C@H]3c3cccc(OC)c3)nnc2-c2ccncc2)cc1. The normalized spacial score (nSPS) is 21.7. The molecule has 0 unspecified atom stereocenters. The van der Waals surface area contributed by atoms with Crippen LogP contribution in [0.2, 0.25) is 0 Å². The Hall–Kier alpha value is -4.34. The first kappa shape index (κ1) is 42.8. The number of aliphatic hydroxyl groups is 2. The zero-order valence-corrected chi connectivity index (χ0v) is 34.1. The molecule has 13 nitrogen and oxygen atoms in total. The largest absolute Gasteiger partial charge is 0.497 e. The Morgan fingerprint density at radius 2 is 1.75 bits per heavy atom. The molecule has 2 N–H and O–H groups in total. The number of thioether (sulfide) groups is 1. The van der Waals surface area contributed by atoms with Gasteiger partial charge in [-0.05, 0) is 72.7 Å². The van der Waals surface area contributed by atoms with Gasteiger partial charge in [0, 0.05) is 69.8 Å². The second-order valence-electron chi connectivity index (χ2n) is 14.4. The van der Waals surface area contributed by atoms with Crippen LogP contribution in [0.5, 0.6) is 5.75 Å². The van der Waals surface area contributed by atoms with Gasteiger partial charge in [-0.15, -0.1) is 10.2 Å². The molecule has 2 amide bonds. The highest BCUT2D eigenvalue weighted by molar-refractivity contribution is 7.99. The van der Waals surface area contributed by atoms with Gasteiger partial charge in [-0.25, -0.2) is 0 Å². The van der Waals surface area contributed by atoms with Crippen molar-refractivity contribution in [2.24, 2.45) is 11.8 Å². The van der Waals surface area contributed by atoms with Crippen LogP contribution in [0.3, 0.4) is 0 Å². The average Bonchev–Trinajstić information content (AvgIpc) is 3.64. The number of pyridine rings is 1. The van der Waals surface area contributed by atoms with Crippen LogP contribution in [-0.2, 0) is 25.5 Å². The number of methoxy groups -OCH3 is 2. The summed E-state index contributed by atoms with van der Waals surface area (Å²) >= 11 is 1.33. The van der Waals surface area contributed by atoms with Crippen molar-refractivity contribution in [2.45, 2.75) is 76.5 Å². The lowest BCUT2D eigenvalue weighted by Gasteiger charge is -2.42. The van der Waals surface area contributed by atoms with E-state index in [-0.39, 0.29) is 49.1 Å². The fraction of sp³-hybridized carbons (Fsp3) is 0.500. The van der Waals surface area contributed by atoms with Gasteiger partial charge >= 0.3 is 0 Å². The molecule has 1 saturated heterocycles. The smallest absolute Gasteiger partial charge is 0.233 e. The van der Waals surface area contributed by atoms with Crippen molar-refractivity contribution in [1.82, 2.24) is 29.5 Å². The van der Waals surface area contributed by atoms with Crippen LogP contribution in [0.25, 0.3) is 17.1 Å². The van der Waals surface area contributed by atoms with E-state index in [2.05, 4.69) is 48.1 Å². The van der Waals surface area contributed by atoms with E-state index >= 15 is 0 Å². The summed E-state index contributed by atoms with van der Waals surface area (Å²) in [7, 11) is 3.06. The van der Waals surface area contributed by atoms with E-state index in [1.54, 1.807) is 24.4 Å². The standard InChI is InChI=1S/C42H56N6O7S/c1-7-30-13-15-33(16-14-30)48-41(31-17-19-43-20-18-31)44-45-42(48)56-27-38(51)47-21-8-9-22-55-26-36(50)40(52)37(54-6)25-46(29(4)49)24-35(28(2)3)39(47)32-11-10-12-34(23-32)53-5/h10-20,23,28,35-37,39-40,50,52H,7-9,21-22,24-27H2,1-6H3/t35-,36+,37+,39-,40+/m1/s1. The third-order valence-electron chi connectivity index (χ3n) is 10.4. The monoisotopic (exact) mass is 788 g/mol. The summed E-state index contributed by atoms with van der Waals surface area (Å²) < 4.78 is 19.1. The molecule has 5 atom stereocenters. The van der Waals surface area contributed by atoms with Crippen molar-refractivity contribution in [3.63, 3.8) is 0 Å². The summed E-state index contributed by atoms with van der Waals surface area (Å²) in [6.45, 7) is 8.73. The Bertz CT molecular complexity index is 1840. The zero-order chi connectivity index (χ0) is 40.2. The number of hydrogen-bond donors (Lipinski definition) is 2. The van der Waals surface area contributed by atoms with Gasteiger partial charge < -0.3 is 34.2 Å². The summed E-state index contributed by atoms with van der Waals surface area (Å²) in [5, 5.41) is 31.6. The first-order chi connectivity index (χ1) is 27.1. The lowest BCUT2D eigenvalue weighted by Crippen LogP contribution is -2.51. The van der Waals surface area contributed by atoms with E-state index < -0.39 is 24.4 Å². The topological polar surface area (TPSA) is 152 Å². The lowest BCUT2D eigenvalue weighted by atomic mass is 9.82. The summed E-state index contributed by atoms with van der Waals surface area (Å²) in [5.74, 6) is 0.808. The van der Waals surface area contributed by atoms with Gasteiger partial charge in [0.05, 0.1) is 25.5 Å². The van der Waals surface area contributed by atoms with Gasteiger partial charge in [-0.1, -0.05) is 56.8 Å². The van der Waals surface area contributed by atoms with Gasteiger partial charge in [0.2, 0.25) is 11.8 Å². The number of amides is 2. The highest BCUT2D eigenvalue weighted by atomic mass is 32.2. The fourth-order valence-corrected chi connectivity index (χ4v) is 7.95. The van der Waals surface area contributed by atoms with E-state index in [0.717, 1.165) is 23.2 Å². The number of aromatic nitrogens is 4. The molecular formula is C42H56N6O7S. The van der Waals surface area contributed by atoms with E-state index in [9.17, 15) is 19.8 Å². The van der Waals surface area contributed by atoms with Crippen molar-refractivity contribution in [3.05, 3.63) is 84.2 Å². The maximum Gasteiger partial charge on any atom is 0.233 e. The van der Waals surface area contributed by atoms with Crippen LogP contribution < -0.4 is 4.74 Å². The molecule has 56 heavy (non-hydrogen) atoms. The van der Waals surface area contributed by atoms with Gasteiger partial charge in [0.1, 0.15) is 24.1 Å². The van der Waals surface area contributed by atoms with Crippen LogP contribution in [0.15, 0.2) is 78.2 Å². The van der Waals surface area contributed by atoms with Crippen molar-refractivity contribution in [3.8, 4) is 22.8 Å². The first-order valence-electron chi connectivity index (χ1n) is 19.3.